The van der Waals surface area contributed by atoms with Crippen LogP contribution >= 0.6 is 0 Å². The van der Waals surface area contributed by atoms with E-state index in [9.17, 15) is 4.79 Å². The van der Waals surface area contributed by atoms with Gasteiger partial charge in [-0.2, -0.15) is 0 Å². The third-order valence-corrected chi connectivity index (χ3v) is 3.78. The molecule has 3 nitrogen and oxygen atoms in total. The van der Waals surface area contributed by atoms with Crippen molar-refractivity contribution in [1.29, 1.82) is 0 Å². The fourth-order valence-corrected chi connectivity index (χ4v) is 2.47. The number of benzene rings is 1. The highest BCUT2D eigenvalue weighted by Gasteiger charge is 2.25. The molecule has 2 atom stereocenters. The van der Waals surface area contributed by atoms with Crippen molar-refractivity contribution in [1.82, 2.24) is 5.32 Å². The zero-order valence-corrected chi connectivity index (χ0v) is 13.3. The Labute approximate surface area is 122 Å². The van der Waals surface area contributed by atoms with Crippen LogP contribution in [0.4, 0.5) is 0 Å². The quantitative estimate of drug-likeness (QED) is 0.839. The smallest absolute Gasteiger partial charge is 0.237 e. The van der Waals surface area contributed by atoms with Crippen LogP contribution in [0.3, 0.4) is 0 Å². The predicted molar refractivity (Wildman–Crippen MR) is 84.5 cm³/mol. The molecule has 0 aliphatic heterocycles. The Morgan fingerprint density at radius 2 is 1.75 bits per heavy atom. The van der Waals surface area contributed by atoms with Gasteiger partial charge in [-0.1, -0.05) is 58.0 Å². The monoisotopic (exact) mass is 276 g/mol. The lowest BCUT2D eigenvalue weighted by Crippen LogP contribution is -2.48. The van der Waals surface area contributed by atoms with Gasteiger partial charge >= 0.3 is 0 Å². The van der Waals surface area contributed by atoms with Crippen LogP contribution < -0.4 is 11.1 Å². The Morgan fingerprint density at radius 3 is 2.25 bits per heavy atom. The van der Waals surface area contributed by atoms with Crippen LogP contribution in [0.5, 0.6) is 0 Å². The molecule has 0 aromatic heterocycles. The standard InChI is InChI=1S/C17H28N2O/c1-12(2)15(18)16(20)19-13(3)11-17(4,5)14-9-7-6-8-10-14/h6-10,12-13,15H,11,18H2,1-5H3,(H,19,20)/t13?,15-/m0/s1. The lowest BCUT2D eigenvalue weighted by molar-refractivity contribution is -0.123. The second-order valence-electron chi connectivity index (χ2n) is 6.63. The van der Waals surface area contributed by atoms with Gasteiger partial charge in [-0.15, -0.1) is 0 Å². The molecule has 112 valence electrons. The van der Waals surface area contributed by atoms with Crippen LogP contribution in [0.15, 0.2) is 30.3 Å². The first kappa shape index (κ1) is 16.7. The number of rotatable bonds is 6. The van der Waals surface area contributed by atoms with Crippen molar-refractivity contribution in [2.75, 3.05) is 0 Å². The Balaban J connectivity index is 2.62. The minimum absolute atomic E-state index is 0.0237. The molecule has 1 aromatic rings. The van der Waals surface area contributed by atoms with E-state index in [0.717, 1.165) is 6.42 Å². The van der Waals surface area contributed by atoms with Gasteiger partial charge in [0, 0.05) is 6.04 Å². The van der Waals surface area contributed by atoms with Crippen LogP contribution in [0.1, 0.15) is 46.6 Å². The van der Waals surface area contributed by atoms with E-state index < -0.39 is 6.04 Å². The second kappa shape index (κ2) is 6.89. The van der Waals surface area contributed by atoms with Crippen LogP contribution in [0.2, 0.25) is 0 Å². The maximum Gasteiger partial charge on any atom is 0.237 e. The third-order valence-electron chi connectivity index (χ3n) is 3.78. The molecule has 3 N–H and O–H groups in total. The molecule has 0 aliphatic rings. The van der Waals surface area contributed by atoms with Gasteiger partial charge in [0.15, 0.2) is 0 Å². The first-order chi connectivity index (χ1) is 9.24. The fourth-order valence-electron chi connectivity index (χ4n) is 2.47. The van der Waals surface area contributed by atoms with E-state index in [1.54, 1.807) is 0 Å². The molecule has 0 saturated carbocycles. The van der Waals surface area contributed by atoms with Crippen molar-refractivity contribution in [3.63, 3.8) is 0 Å². The molecule has 1 amide bonds. The maximum absolute atomic E-state index is 12.0. The molecule has 0 spiro atoms. The van der Waals surface area contributed by atoms with Crippen LogP contribution in [0, 0.1) is 5.92 Å². The van der Waals surface area contributed by atoms with E-state index in [-0.39, 0.29) is 23.3 Å². The largest absolute Gasteiger partial charge is 0.352 e. The van der Waals surface area contributed by atoms with Crippen molar-refractivity contribution < 1.29 is 4.79 Å². The first-order valence-corrected chi connectivity index (χ1v) is 7.35. The molecule has 0 fully saturated rings. The number of carbonyl (C=O) groups excluding carboxylic acids is 1. The SMILES string of the molecule is CC(CC(C)(C)c1ccccc1)NC(=O)[C@@H](N)C(C)C. The Morgan fingerprint density at radius 1 is 1.20 bits per heavy atom. The molecule has 1 unspecified atom stereocenters. The number of carbonyl (C=O) groups is 1. The molecule has 0 saturated heterocycles. The van der Waals surface area contributed by atoms with Crippen molar-refractivity contribution in [2.24, 2.45) is 11.7 Å². The van der Waals surface area contributed by atoms with Crippen molar-refractivity contribution in [3.05, 3.63) is 35.9 Å². The number of nitrogens with one attached hydrogen (secondary N) is 1. The molecule has 20 heavy (non-hydrogen) atoms. The van der Waals surface area contributed by atoms with Gasteiger partial charge in [0.25, 0.3) is 0 Å². The topological polar surface area (TPSA) is 55.1 Å². The molecule has 1 rings (SSSR count). The van der Waals surface area contributed by atoms with E-state index in [0.29, 0.717) is 0 Å². The molecule has 3 heteroatoms. The molecule has 0 heterocycles. The van der Waals surface area contributed by atoms with Crippen molar-refractivity contribution in [2.45, 2.75) is 58.5 Å². The Bertz CT molecular complexity index is 426. The molecular formula is C17H28N2O. The first-order valence-electron chi connectivity index (χ1n) is 7.35. The van der Waals surface area contributed by atoms with Crippen molar-refractivity contribution in [3.8, 4) is 0 Å². The van der Waals surface area contributed by atoms with Gasteiger partial charge in [-0.05, 0) is 30.2 Å². The van der Waals surface area contributed by atoms with E-state index in [4.69, 9.17) is 5.73 Å². The van der Waals surface area contributed by atoms with Gasteiger partial charge in [0.1, 0.15) is 0 Å². The highest BCUT2D eigenvalue weighted by atomic mass is 16.2. The molecular weight excluding hydrogens is 248 g/mol. The highest BCUT2D eigenvalue weighted by molar-refractivity contribution is 5.81. The Kier molecular flexibility index (Phi) is 5.75. The number of nitrogens with two attached hydrogens (primary N) is 1. The number of hydrogen-bond donors (Lipinski definition) is 2. The predicted octanol–water partition coefficient (Wildman–Crippen LogP) is 2.84. The summed E-state index contributed by atoms with van der Waals surface area (Å²) in [6.07, 6.45) is 0.883. The van der Waals surface area contributed by atoms with E-state index >= 15 is 0 Å². The minimum Gasteiger partial charge on any atom is -0.352 e. The van der Waals surface area contributed by atoms with Crippen LogP contribution in [-0.2, 0) is 10.2 Å². The third kappa shape index (κ3) is 4.64. The van der Waals surface area contributed by atoms with Gasteiger partial charge < -0.3 is 11.1 Å². The summed E-state index contributed by atoms with van der Waals surface area (Å²) < 4.78 is 0. The van der Waals surface area contributed by atoms with E-state index in [1.807, 2.05) is 26.8 Å². The highest BCUT2D eigenvalue weighted by Crippen LogP contribution is 2.28. The van der Waals surface area contributed by atoms with E-state index in [1.165, 1.54) is 5.56 Å². The van der Waals surface area contributed by atoms with Crippen LogP contribution in [-0.4, -0.2) is 18.0 Å². The Hall–Kier alpha value is -1.35. The van der Waals surface area contributed by atoms with Gasteiger partial charge in [-0.25, -0.2) is 0 Å². The summed E-state index contributed by atoms with van der Waals surface area (Å²) in [5, 5.41) is 3.02. The summed E-state index contributed by atoms with van der Waals surface area (Å²) in [4.78, 5) is 12.0. The molecule has 0 radical (unpaired) electrons. The minimum atomic E-state index is -0.433. The summed E-state index contributed by atoms with van der Waals surface area (Å²) in [6.45, 7) is 10.4. The lowest BCUT2D eigenvalue weighted by atomic mass is 9.79. The number of amides is 1. The summed E-state index contributed by atoms with van der Waals surface area (Å²) in [7, 11) is 0. The van der Waals surface area contributed by atoms with E-state index in [2.05, 4.69) is 43.4 Å². The fraction of sp³-hybridized carbons (Fsp3) is 0.588. The zero-order valence-electron chi connectivity index (χ0n) is 13.3. The van der Waals surface area contributed by atoms with Gasteiger partial charge in [-0.3, -0.25) is 4.79 Å². The zero-order chi connectivity index (χ0) is 15.3. The summed E-state index contributed by atoms with van der Waals surface area (Å²) in [6, 6.07) is 10.1. The van der Waals surface area contributed by atoms with Gasteiger partial charge in [0.05, 0.1) is 6.04 Å². The molecule has 1 aromatic carbocycles. The summed E-state index contributed by atoms with van der Waals surface area (Å²) >= 11 is 0. The maximum atomic E-state index is 12.0. The molecule has 0 bridgehead atoms. The lowest BCUT2D eigenvalue weighted by Gasteiger charge is -2.30. The van der Waals surface area contributed by atoms with Crippen LogP contribution in [0.25, 0.3) is 0 Å². The number of hydrogen-bond acceptors (Lipinski definition) is 2. The summed E-state index contributed by atoms with van der Waals surface area (Å²) in [5.74, 6) is 0.0979. The molecule has 0 aliphatic carbocycles. The summed E-state index contributed by atoms with van der Waals surface area (Å²) in [5.41, 5.74) is 7.18. The van der Waals surface area contributed by atoms with Gasteiger partial charge in [0.2, 0.25) is 5.91 Å². The average Bonchev–Trinajstić information content (AvgIpc) is 2.37. The second-order valence-corrected chi connectivity index (χ2v) is 6.63. The normalized spacial score (nSPS) is 14.9. The van der Waals surface area contributed by atoms with Crippen molar-refractivity contribution >= 4 is 5.91 Å². The average molecular weight is 276 g/mol.